The van der Waals surface area contributed by atoms with Crippen LogP contribution in [0.25, 0.3) is 0 Å². The lowest BCUT2D eigenvalue weighted by molar-refractivity contribution is -0.137. The van der Waals surface area contributed by atoms with E-state index in [2.05, 4.69) is 22.7 Å². The normalized spacial score (nSPS) is 13.2. The molecule has 0 aliphatic heterocycles. The van der Waals surface area contributed by atoms with Gasteiger partial charge in [0.25, 0.3) is 0 Å². The Labute approximate surface area is 114 Å². The monoisotopic (exact) mass is 294 g/mol. The molecule has 0 saturated carbocycles. The molecule has 0 fully saturated rings. The number of aromatic nitrogens is 1. The van der Waals surface area contributed by atoms with Gasteiger partial charge in [-0.05, 0) is 24.8 Å². The summed E-state index contributed by atoms with van der Waals surface area (Å²) in [6, 6.07) is 1.85. The summed E-state index contributed by atoms with van der Waals surface area (Å²) in [6.45, 7) is 2.61. The molecule has 0 spiro atoms. The number of anilines is 2. The molecule has 1 rings (SSSR count). The van der Waals surface area contributed by atoms with E-state index in [-0.39, 0.29) is 11.6 Å². The van der Waals surface area contributed by atoms with Crippen LogP contribution in [0.1, 0.15) is 18.9 Å². The van der Waals surface area contributed by atoms with Gasteiger partial charge in [0.2, 0.25) is 0 Å². The molecule has 19 heavy (non-hydrogen) atoms. The number of pyridine rings is 1. The quantitative estimate of drug-likeness (QED) is 0.556. The average molecular weight is 294 g/mol. The number of nitrogen functional groups attached to an aromatic ring is 1. The van der Waals surface area contributed by atoms with Crippen molar-refractivity contribution in [3.05, 3.63) is 17.7 Å². The fourth-order valence-electron chi connectivity index (χ4n) is 1.38. The Balaban J connectivity index is 2.77. The summed E-state index contributed by atoms with van der Waals surface area (Å²) >= 11 is 1.70. The van der Waals surface area contributed by atoms with Crippen LogP contribution in [-0.4, -0.2) is 23.0 Å². The summed E-state index contributed by atoms with van der Waals surface area (Å²) in [5.41, 5.74) is 1.35. The summed E-state index contributed by atoms with van der Waals surface area (Å²) < 4.78 is 38.0. The van der Waals surface area contributed by atoms with Gasteiger partial charge < -0.3 is 10.7 Å². The SMILES string of the molecule is CSC(C)CCNc1cc(C(F)(F)F)cc(NN)n1. The molecule has 1 unspecified atom stereocenters. The summed E-state index contributed by atoms with van der Waals surface area (Å²) in [6.07, 6.45) is -1.59. The van der Waals surface area contributed by atoms with Crippen molar-refractivity contribution in [1.29, 1.82) is 0 Å². The van der Waals surface area contributed by atoms with E-state index in [0.717, 1.165) is 18.6 Å². The highest BCUT2D eigenvalue weighted by Crippen LogP contribution is 2.31. The van der Waals surface area contributed by atoms with Crippen molar-refractivity contribution in [2.75, 3.05) is 23.5 Å². The fraction of sp³-hybridized carbons (Fsp3) is 0.545. The van der Waals surface area contributed by atoms with Gasteiger partial charge in [-0.2, -0.15) is 24.9 Å². The number of hydrogen-bond acceptors (Lipinski definition) is 5. The molecule has 1 aromatic rings. The first-order valence-electron chi connectivity index (χ1n) is 5.69. The van der Waals surface area contributed by atoms with Crippen LogP contribution in [0.5, 0.6) is 0 Å². The molecule has 0 aliphatic carbocycles. The van der Waals surface area contributed by atoms with Gasteiger partial charge in [-0.15, -0.1) is 0 Å². The molecule has 0 aliphatic rings. The summed E-state index contributed by atoms with van der Waals surface area (Å²) in [5, 5.41) is 3.31. The molecule has 1 atom stereocenters. The van der Waals surface area contributed by atoms with Gasteiger partial charge >= 0.3 is 6.18 Å². The largest absolute Gasteiger partial charge is 0.416 e. The van der Waals surface area contributed by atoms with Gasteiger partial charge in [-0.25, -0.2) is 10.8 Å². The number of hydrazine groups is 1. The first-order chi connectivity index (χ1) is 8.86. The number of halogens is 3. The zero-order valence-corrected chi connectivity index (χ0v) is 11.5. The van der Waals surface area contributed by atoms with Crippen molar-refractivity contribution in [2.24, 2.45) is 5.84 Å². The molecule has 4 N–H and O–H groups in total. The molecule has 108 valence electrons. The van der Waals surface area contributed by atoms with E-state index in [1.807, 2.05) is 6.26 Å². The molecule has 4 nitrogen and oxygen atoms in total. The Morgan fingerprint density at radius 1 is 1.37 bits per heavy atom. The Morgan fingerprint density at radius 2 is 2.00 bits per heavy atom. The number of hydrogen-bond donors (Lipinski definition) is 3. The predicted molar refractivity (Wildman–Crippen MR) is 73.1 cm³/mol. The Morgan fingerprint density at radius 3 is 2.53 bits per heavy atom. The molecule has 0 radical (unpaired) electrons. The van der Waals surface area contributed by atoms with Crippen LogP contribution >= 0.6 is 11.8 Å². The van der Waals surface area contributed by atoms with E-state index in [1.54, 1.807) is 11.8 Å². The van der Waals surface area contributed by atoms with E-state index in [9.17, 15) is 13.2 Å². The average Bonchev–Trinajstić information content (AvgIpc) is 2.37. The maximum Gasteiger partial charge on any atom is 0.416 e. The van der Waals surface area contributed by atoms with Crippen molar-refractivity contribution in [2.45, 2.75) is 24.8 Å². The fourth-order valence-corrected chi connectivity index (χ4v) is 1.73. The molecular formula is C11H17F3N4S. The predicted octanol–water partition coefficient (Wildman–Crippen LogP) is 2.94. The van der Waals surface area contributed by atoms with Gasteiger partial charge in [-0.3, -0.25) is 0 Å². The molecule has 1 heterocycles. The number of nitrogens with two attached hydrogens (primary N) is 1. The first kappa shape index (κ1) is 15.9. The third kappa shape index (κ3) is 5.15. The van der Waals surface area contributed by atoms with Gasteiger partial charge in [-0.1, -0.05) is 6.92 Å². The maximum atomic E-state index is 12.7. The standard InChI is InChI=1S/C11H17F3N4S/c1-7(19-2)3-4-16-9-5-8(11(12,13)14)6-10(17-9)18-15/h5-7H,3-4,15H2,1-2H3,(H2,16,17,18). The second-order valence-electron chi connectivity index (χ2n) is 4.03. The Bertz CT molecular complexity index is 411. The number of rotatable bonds is 6. The molecule has 0 amide bonds. The number of nitrogens with one attached hydrogen (secondary N) is 2. The van der Waals surface area contributed by atoms with Crippen molar-refractivity contribution in [3.8, 4) is 0 Å². The zero-order chi connectivity index (χ0) is 14.5. The van der Waals surface area contributed by atoms with Crippen LogP contribution in [0.2, 0.25) is 0 Å². The number of alkyl halides is 3. The van der Waals surface area contributed by atoms with E-state index in [4.69, 9.17) is 5.84 Å². The second-order valence-corrected chi connectivity index (χ2v) is 5.31. The third-order valence-corrected chi connectivity index (χ3v) is 3.60. The van der Waals surface area contributed by atoms with Gasteiger partial charge in [0.15, 0.2) is 0 Å². The maximum absolute atomic E-state index is 12.7. The van der Waals surface area contributed by atoms with Crippen LogP contribution in [0.15, 0.2) is 12.1 Å². The van der Waals surface area contributed by atoms with Crippen LogP contribution in [0.4, 0.5) is 24.8 Å². The van der Waals surface area contributed by atoms with Gasteiger partial charge in [0, 0.05) is 11.8 Å². The van der Waals surface area contributed by atoms with Crippen LogP contribution in [0.3, 0.4) is 0 Å². The minimum atomic E-state index is -4.42. The van der Waals surface area contributed by atoms with Crippen molar-refractivity contribution in [3.63, 3.8) is 0 Å². The summed E-state index contributed by atoms with van der Waals surface area (Å²) in [7, 11) is 0. The molecule has 1 aromatic heterocycles. The van der Waals surface area contributed by atoms with Crippen LogP contribution in [-0.2, 0) is 6.18 Å². The summed E-state index contributed by atoms with van der Waals surface area (Å²) in [4.78, 5) is 3.93. The second kappa shape index (κ2) is 6.85. The lowest BCUT2D eigenvalue weighted by Crippen LogP contribution is -2.15. The van der Waals surface area contributed by atoms with E-state index < -0.39 is 11.7 Å². The van der Waals surface area contributed by atoms with E-state index >= 15 is 0 Å². The van der Waals surface area contributed by atoms with Crippen molar-refractivity contribution in [1.82, 2.24) is 4.98 Å². The Kier molecular flexibility index (Phi) is 5.74. The zero-order valence-electron chi connectivity index (χ0n) is 10.7. The molecule has 0 saturated heterocycles. The van der Waals surface area contributed by atoms with E-state index in [0.29, 0.717) is 11.8 Å². The highest BCUT2D eigenvalue weighted by molar-refractivity contribution is 7.99. The van der Waals surface area contributed by atoms with Crippen molar-refractivity contribution >= 4 is 23.4 Å². The lowest BCUT2D eigenvalue weighted by Gasteiger charge is -2.13. The third-order valence-electron chi connectivity index (χ3n) is 2.56. The topological polar surface area (TPSA) is 63.0 Å². The molecule has 0 aromatic carbocycles. The van der Waals surface area contributed by atoms with Gasteiger partial charge in [0.05, 0.1) is 5.56 Å². The summed E-state index contributed by atoms with van der Waals surface area (Å²) in [5.74, 6) is 5.26. The number of nitrogens with zero attached hydrogens (tertiary/aromatic N) is 1. The molecule has 0 bridgehead atoms. The van der Waals surface area contributed by atoms with Crippen LogP contribution in [0, 0.1) is 0 Å². The highest BCUT2D eigenvalue weighted by Gasteiger charge is 2.31. The van der Waals surface area contributed by atoms with Crippen molar-refractivity contribution < 1.29 is 13.2 Å². The van der Waals surface area contributed by atoms with E-state index in [1.165, 1.54) is 0 Å². The highest BCUT2D eigenvalue weighted by atomic mass is 32.2. The van der Waals surface area contributed by atoms with Crippen LogP contribution < -0.4 is 16.6 Å². The Hall–Kier alpha value is -1.15. The minimum absolute atomic E-state index is 0.0183. The lowest BCUT2D eigenvalue weighted by atomic mass is 10.2. The first-order valence-corrected chi connectivity index (χ1v) is 6.98. The molecular weight excluding hydrogens is 277 g/mol. The smallest absolute Gasteiger partial charge is 0.370 e. The number of thioether (sulfide) groups is 1. The van der Waals surface area contributed by atoms with Gasteiger partial charge in [0.1, 0.15) is 11.6 Å². The molecule has 8 heteroatoms. The minimum Gasteiger partial charge on any atom is -0.370 e.